The van der Waals surface area contributed by atoms with Gasteiger partial charge in [-0.3, -0.25) is 0 Å². The highest BCUT2D eigenvalue weighted by atomic mass is 28.4. The lowest BCUT2D eigenvalue weighted by Crippen LogP contribution is -2.67. The van der Waals surface area contributed by atoms with Crippen LogP contribution in [-0.4, -0.2) is 40.7 Å². The standard InChI is InChI=1S/C21H29NO2Si/c1-21(2,3)25(19-10-6-4-7-11-19,20-12-8-5-9-13-20)24-17-18-16-23-15-14-22-18/h4-13,18,22H,14-17H2,1-3H3/t18-/m1/s1. The molecule has 134 valence electrons. The van der Waals surface area contributed by atoms with Crippen molar-refractivity contribution in [1.82, 2.24) is 5.32 Å². The van der Waals surface area contributed by atoms with E-state index in [9.17, 15) is 0 Å². The molecular formula is C21H29NO2Si. The van der Waals surface area contributed by atoms with E-state index in [4.69, 9.17) is 9.16 Å². The molecule has 4 heteroatoms. The lowest BCUT2D eigenvalue weighted by Gasteiger charge is -2.44. The Morgan fingerprint density at radius 1 is 1.00 bits per heavy atom. The molecule has 0 saturated carbocycles. The second-order valence-corrected chi connectivity index (χ2v) is 12.0. The van der Waals surface area contributed by atoms with Gasteiger partial charge >= 0.3 is 0 Å². The molecule has 3 nitrogen and oxygen atoms in total. The minimum absolute atomic E-state index is 0.0191. The number of morpholine rings is 1. The molecule has 0 bridgehead atoms. The fourth-order valence-electron chi connectivity index (χ4n) is 3.71. The molecule has 1 saturated heterocycles. The molecule has 0 spiro atoms. The third kappa shape index (κ3) is 3.87. The van der Waals surface area contributed by atoms with Gasteiger partial charge < -0.3 is 14.5 Å². The van der Waals surface area contributed by atoms with Gasteiger partial charge in [0.25, 0.3) is 8.32 Å². The first kappa shape index (κ1) is 18.3. The van der Waals surface area contributed by atoms with Crippen LogP contribution < -0.4 is 15.7 Å². The number of ether oxygens (including phenoxy) is 1. The summed E-state index contributed by atoms with van der Waals surface area (Å²) >= 11 is 0. The van der Waals surface area contributed by atoms with Crippen LogP contribution in [0.5, 0.6) is 0 Å². The summed E-state index contributed by atoms with van der Waals surface area (Å²) in [6.07, 6.45) is 0. The summed E-state index contributed by atoms with van der Waals surface area (Å²) in [5.74, 6) is 0. The van der Waals surface area contributed by atoms with E-state index in [1.54, 1.807) is 0 Å². The lowest BCUT2D eigenvalue weighted by atomic mass is 10.2. The van der Waals surface area contributed by atoms with Crippen LogP contribution in [0.15, 0.2) is 60.7 Å². The Labute approximate surface area is 152 Å². The van der Waals surface area contributed by atoms with Crippen LogP contribution >= 0.6 is 0 Å². The maximum Gasteiger partial charge on any atom is 0.261 e. The molecule has 1 aliphatic rings. The summed E-state index contributed by atoms with van der Waals surface area (Å²) in [5, 5.41) is 6.19. The lowest BCUT2D eigenvalue weighted by molar-refractivity contribution is 0.0576. The first-order valence-corrected chi connectivity index (χ1v) is 11.0. The third-order valence-electron chi connectivity index (χ3n) is 4.92. The Morgan fingerprint density at radius 3 is 2.00 bits per heavy atom. The first-order chi connectivity index (χ1) is 12.0. The largest absolute Gasteiger partial charge is 0.406 e. The quantitative estimate of drug-likeness (QED) is 0.836. The summed E-state index contributed by atoms with van der Waals surface area (Å²) in [5.41, 5.74) is 0. The summed E-state index contributed by atoms with van der Waals surface area (Å²) in [7, 11) is -2.43. The zero-order valence-corrected chi connectivity index (χ0v) is 16.5. The maximum absolute atomic E-state index is 6.90. The van der Waals surface area contributed by atoms with Crippen molar-refractivity contribution in [2.75, 3.05) is 26.4 Å². The van der Waals surface area contributed by atoms with Crippen molar-refractivity contribution in [3.63, 3.8) is 0 Å². The van der Waals surface area contributed by atoms with Crippen LogP contribution in [0.3, 0.4) is 0 Å². The minimum Gasteiger partial charge on any atom is -0.406 e. The van der Waals surface area contributed by atoms with E-state index in [1.165, 1.54) is 10.4 Å². The SMILES string of the molecule is CC(C)(C)[Si](OC[C@H]1COCCN1)(c1ccccc1)c1ccccc1. The van der Waals surface area contributed by atoms with E-state index < -0.39 is 8.32 Å². The van der Waals surface area contributed by atoms with Crippen molar-refractivity contribution in [2.45, 2.75) is 31.9 Å². The molecule has 0 radical (unpaired) electrons. The molecule has 1 fully saturated rings. The van der Waals surface area contributed by atoms with Gasteiger partial charge in [-0.2, -0.15) is 0 Å². The molecule has 1 aliphatic heterocycles. The molecule has 1 N–H and O–H groups in total. The van der Waals surface area contributed by atoms with E-state index in [1.807, 2.05) is 0 Å². The zero-order chi connectivity index (χ0) is 17.8. The van der Waals surface area contributed by atoms with Crippen LogP contribution in [0.4, 0.5) is 0 Å². The van der Waals surface area contributed by atoms with Gasteiger partial charge in [0.2, 0.25) is 0 Å². The zero-order valence-electron chi connectivity index (χ0n) is 15.5. The number of rotatable bonds is 5. The Bertz CT molecular complexity index is 609. The van der Waals surface area contributed by atoms with Gasteiger partial charge in [0, 0.05) is 6.54 Å². The molecule has 25 heavy (non-hydrogen) atoms. The summed E-state index contributed by atoms with van der Waals surface area (Å²) in [6, 6.07) is 21.8. The Morgan fingerprint density at radius 2 is 1.56 bits per heavy atom. The fraction of sp³-hybridized carbons (Fsp3) is 0.429. The van der Waals surface area contributed by atoms with Gasteiger partial charge in [-0.1, -0.05) is 81.4 Å². The molecule has 2 aromatic carbocycles. The van der Waals surface area contributed by atoms with Gasteiger partial charge in [-0.05, 0) is 15.4 Å². The van der Waals surface area contributed by atoms with Crippen LogP contribution in [0.1, 0.15) is 20.8 Å². The average Bonchev–Trinajstić information content (AvgIpc) is 2.64. The Kier molecular flexibility index (Phi) is 5.74. The highest BCUT2D eigenvalue weighted by molar-refractivity contribution is 6.99. The van der Waals surface area contributed by atoms with Crippen molar-refractivity contribution >= 4 is 18.7 Å². The van der Waals surface area contributed by atoms with Crippen LogP contribution in [0, 0.1) is 0 Å². The van der Waals surface area contributed by atoms with Crippen LogP contribution in [0.25, 0.3) is 0 Å². The number of hydrogen-bond acceptors (Lipinski definition) is 3. The number of hydrogen-bond donors (Lipinski definition) is 1. The van der Waals surface area contributed by atoms with E-state index in [-0.39, 0.29) is 11.1 Å². The minimum atomic E-state index is -2.43. The maximum atomic E-state index is 6.90. The smallest absolute Gasteiger partial charge is 0.261 e. The Hall–Kier alpha value is -1.46. The molecular weight excluding hydrogens is 326 g/mol. The summed E-state index contributed by atoms with van der Waals surface area (Å²) in [6.45, 7) is 10.0. The van der Waals surface area contributed by atoms with Crippen molar-refractivity contribution in [3.05, 3.63) is 60.7 Å². The highest BCUT2D eigenvalue weighted by Crippen LogP contribution is 2.36. The fourth-order valence-corrected chi connectivity index (χ4v) is 8.32. The van der Waals surface area contributed by atoms with Crippen molar-refractivity contribution < 1.29 is 9.16 Å². The summed E-state index contributed by atoms with van der Waals surface area (Å²) < 4.78 is 12.5. The predicted molar refractivity (Wildman–Crippen MR) is 106 cm³/mol. The highest BCUT2D eigenvalue weighted by Gasteiger charge is 2.50. The number of benzene rings is 2. The van der Waals surface area contributed by atoms with Gasteiger partial charge in [0.15, 0.2) is 0 Å². The molecule has 3 rings (SSSR count). The van der Waals surface area contributed by atoms with Gasteiger partial charge in [0.05, 0.1) is 25.9 Å². The topological polar surface area (TPSA) is 30.5 Å². The second kappa shape index (κ2) is 7.83. The molecule has 0 unspecified atom stereocenters. The van der Waals surface area contributed by atoms with Crippen LogP contribution in [0.2, 0.25) is 5.04 Å². The van der Waals surface area contributed by atoms with Crippen molar-refractivity contribution in [1.29, 1.82) is 0 Å². The van der Waals surface area contributed by atoms with E-state index >= 15 is 0 Å². The average molecular weight is 356 g/mol. The van der Waals surface area contributed by atoms with Gasteiger partial charge in [-0.25, -0.2) is 0 Å². The number of nitrogens with one attached hydrogen (secondary N) is 1. The van der Waals surface area contributed by atoms with Gasteiger partial charge in [0.1, 0.15) is 0 Å². The third-order valence-corrected chi connectivity index (χ3v) is 9.92. The monoisotopic (exact) mass is 355 g/mol. The summed E-state index contributed by atoms with van der Waals surface area (Å²) in [4.78, 5) is 0. The molecule has 0 aromatic heterocycles. The molecule has 1 atom stereocenters. The molecule has 0 amide bonds. The second-order valence-electron chi connectivity index (χ2n) is 7.70. The normalized spacial score (nSPS) is 18.9. The molecule has 0 aliphatic carbocycles. The first-order valence-electron chi connectivity index (χ1n) is 9.10. The Balaban J connectivity index is 2.02. The predicted octanol–water partition coefficient (Wildman–Crippen LogP) is 2.55. The van der Waals surface area contributed by atoms with E-state index in [0.29, 0.717) is 6.61 Å². The van der Waals surface area contributed by atoms with Gasteiger partial charge in [-0.15, -0.1) is 0 Å². The van der Waals surface area contributed by atoms with Crippen molar-refractivity contribution in [2.24, 2.45) is 0 Å². The molecule has 1 heterocycles. The van der Waals surface area contributed by atoms with E-state index in [0.717, 1.165) is 19.8 Å². The molecule has 2 aromatic rings. The van der Waals surface area contributed by atoms with E-state index in [2.05, 4.69) is 86.8 Å². The van der Waals surface area contributed by atoms with Crippen molar-refractivity contribution in [3.8, 4) is 0 Å². The van der Waals surface area contributed by atoms with Crippen LogP contribution in [-0.2, 0) is 9.16 Å².